The molecule has 2 unspecified atom stereocenters. The van der Waals surface area contributed by atoms with Gasteiger partial charge in [-0.3, -0.25) is 0 Å². The van der Waals surface area contributed by atoms with Crippen LogP contribution in [0.2, 0.25) is 0 Å². The van der Waals surface area contributed by atoms with E-state index in [-0.39, 0.29) is 0 Å². The maximum Gasteiger partial charge on any atom is 0.107 e. The van der Waals surface area contributed by atoms with Crippen molar-refractivity contribution in [1.29, 1.82) is 0 Å². The Morgan fingerprint density at radius 3 is 3.00 bits per heavy atom. The highest BCUT2D eigenvalue weighted by Crippen LogP contribution is 2.38. The molecule has 0 aromatic heterocycles. The molecule has 0 spiro atoms. The molecule has 0 amide bonds. The van der Waals surface area contributed by atoms with Crippen LogP contribution < -0.4 is 11.1 Å². The van der Waals surface area contributed by atoms with E-state index in [1.807, 2.05) is 18.2 Å². The molecule has 2 rings (SSSR count). The second-order valence-electron chi connectivity index (χ2n) is 4.56. The molecule has 1 saturated carbocycles. The van der Waals surface area contributed by atoms with E-state index in [0.29, 0.717) is 11.0 Å². The van der Waals surface area contributed by atoms with Crippen LogP contribution >= 0.6 is 28.1 Å². The van der Waals surface area contributed by atoms with Gasteiger partial charge in [0.1, 0.15) is 4.99 Å². The van der Waals surface area contributed by atoms with Crippen molar-refractivity contribution in [1.82, 2.24) is 0 Å². The van der Waals surface area contributed by atoms with E-state index in [2.05, 4.69) is 28.2 Å². The van der Waals surface area contributed by atoms with Crippen LogP contribution in [0.25, 0.3) is 0 Å². The van der Waals surface area contributed by atoms with E-state index in [1.54, 1.807) is 0 Å². The number of benzene rings is 1. The smallest absolute Gasteiger partial charge is 0.107 e. The normalized spacial score (nSPS) is 22.2. The van der Waals surface area contributed by atoms with E-state index >= 15 is 0 Å². The lowest BCUT2D eigenvalue weighted by Gasteiger charge is -2.12. The van der Waals surface area contributed by atoms with Crippen LogP contribution in [-0.4, -0.2) is 11.0 Å². The van der Waals surface area contributed by atoms with E-state index in [0.717, 1.165) is 21.6 Å². The highest BCUT2D eigenvalue weighted by molar-refractivity contribution is 9.10. The Morgan fingerprint density at radius 1 is 1.59 bits per heavy atom. The maximum absolute atomic E-state index is 5.77. The Bertz CT molecular complexity index is 433. The molecular formula is C13H17BrN2S. The van der Waals surface area contributed by atoms with Crippen molar-refractivity contribution in [3.8, 4) is 0 Å². The zero-order valence-electron chi connectivity index (χ0n) is 9.87. The lowest BCUT2D eigenvalue weighted by molar-refractivity contribution is 0.693. The summed E-state index contributed by atoms with van der Waals surface area (Å²) in [5.41, 5.74) is 7.74. The summed E-state index contributed by atoms with van der Waals surface area (Å²) in [4.78, 5) is 0.438. The molecule has 1 fully saturated rings. The van der Waals surface area contributed by atoms with Gasteiger partial charge in [0.2, 0.25) is 0 Å². The number of rotatable bonds is 5. The first-order valence-electron chi connectivity index (χ1n) is 5.98. The molecule has 1 aliphatic carbocycles. The van der Waals surface area contributed by atoms with Gasteiger partial charge < -0.3 is 11.1 Å². The highest BCUT2D eigenvalue weighted by atomic mass is 79.9. The molecule has 1 aromatic rings. The summed E-state index contributed by atoms with van der Waals surface area (Å²) in [5, 5.41) is 3.54. The maximum atomic E-state index is 5.77. The van der Waals surface area contributed by atoms with Gasteiger partial charge in [0.25, 0.3) is 0 Å². The topological polar surface area (TPSA) is 38.0 Å². The predicted octanol–water partition coefficient (Wildman–Crippen LogP) is 3.68. The van der Waals surface area contributed by atoms with Gasteiger partial charge in [0.05, 0.1) is 0 Å². The van der Waals surface area contributed by atoms with Crippen LogP contribution in [0, 0.1) is 5.92 Å². The molecule has 0 radical (unpaired) electrons. The molecule has 4 heteroatoms. The fraction of sp³-hybridized carbons (Fsp3) is 0.462. The second-order valence-corrected chi connectivity index (χ2v) is 5.86. The largest absolute Gasteiger partial charge is 0.389 e. The second kappa shape index (κ2) is 5.36. The van der Waals surface area contributed by atoms with Crippen LogP contribution in [0.4, 0.5) is 5.69 Å². The minimum atomic E-state index is 0.438. The summed E-state index contributed by atoms with van der Waals surface area (Å²) in [7, 11) is 0. The summed E-state index contributed by atoms with van der Waals surface area (Å²) in [6.07, 6.45) is 3.81. The van der Waals surface area contributed by atoms with Crippen molar-refractivity contribution in [2.45, 2.75) is 32.2 Å². The van der Waals surface area contributed by atoms with E-state index < -0.39 is 0 Å². The van der Waals surface area contributed by atoms with Crippen LogP contribution in [-0.2, 0) is 0 Å². The number of hydrogen-bond donors (Lipinski definition) is 2. The molecule has 3 N–H and O–H groups in total. The number of thiocarbonyl (C=S) groups is 1. The van der Waals surface area contributed by atoms with Crippen molar-refractivity contribution in [2.75, 3.05) is 5.32 Å². The van der Waals surface area contributed by atoms with Gasteiger partial charge in [-0.1, -0.05) is 31.6 Å². The lowest BCUT2D eigenvalue weighted by atomic mass is 10.1. The molecule has 1 aliphatic rings. The van der Waals surface area contributed by atoms with Crippen molar-refractivity contribution < 1.29 is 0 Å². The third kappa shape index (κ3) is 2.99. The van der Waals surface area contributed by atoms with E-state index in [4.69, 9.17) is 18.0 Å². The van der Waals surface area contributed by atoms with E-state index in [9.17, 15) is 0 Å². The quantitative estimate of drug-likeness (QED) is 0.814. The minimum absolute atomic E-state index is 0.438. The standard InChI is InChI=1S/C13H17BrN2S/c1-2-4-8-7-11(8)16-10-6-3-5-9(14)12(10)13(15)17/h3,5-6,8,11,16H,2,4,7H2,1H3,(H2,15,17). The van der Waals surface area contributed by atoms with Crippen molar-refractivity contribution in [3.63, 3.8) is 0 Å². The molecule has 2 atom stereocenters. The van der Waals surface area contributed by atoms with Gasteiger partial charge in [-0.25, -0.2) is 0 Å². The number of anilines is 1. The molecule has 17 heavy (non-hydrogen) atoms. The van der Waals surface area contributed by atoms with Gasteiger partial charge in [-0.2, -0.15) is 0 Å². The first-order valence-corrected chi connectivity index (χ1v) is 7.18. The molecule has 0 heterocycles. The summed E-state index contributed by atoms with van der Waals surface area (Å²) >= 11 is 8.60. The number of halogens is 1. The fourth-order valence-corrected chi connectivity index (χ4v) is 3.14. The Balaban J connectivity index is 2.11. The zero-order chi connectivity index (χ0) is 12.4. The molecule has 92 valence electrons. The average molecular weight is 313 g/mol. The first-order chi connectivity index (χ1) is 8.13. The van der Waals surface area contributed by atoms with Crippen LogP contribution in [0.1, 0.15) is 31.7 Å². The minimum Gasteiger partial charge on any atom is -0.389 e. The molecule has 2 nitrogen and oxygen atoms in total. The molecular weight excluding hydrogens is 296 g/mol. The van der Waals surface area contributed by atoms with Crippen LogP contribution in [0.15, 0.2) is 22.7 Å². The van der Waals surface area contributed by atoms with Crippen molar-refractivity contribution in [3.05, 3.63) is 28.2 Å². The SMILES string of the molecule is CCCC1CC1Nc1cccc(Br)c1C(N)=S. The summed E-state index contributed by atoms with van der Waals surface area (Å²) in [6, 6.07) is 6.61. The van der Waals surface area contributed by atoms with E-state index in [1.165, 1.54) is 19.3 Å². The van der Waals surface area contributed by atoms with Crippen molar-refractivity contribution >= 4 is 38.8 Å². The molecule has 1 aromatic carbocycles. The van der Waals surface area contributed by atoms with Crippen LogP contribution in [0.3, 0.4) is 0 Å². The summed E-state index contributed by atoms with van der Waals surface area (Å²) in [5.74, 6) is 0.818. The van der Waals surface area contributed by atoms with Gasteiger partial charge in [0, 0.05) is 21.8 Å². The first kappa shape index (κ1) is 12.8. The number of nitrogens with one attached hydrogen (secondary N) is 1. The van der Waals surface area contributed by atoms with Crippen molar-refractivity contribution in [2.24, 2.45) is 11.7 Å². The third-order valence-electron chi connectivity index (χ3n) is 3.18. The Labute approximate surface area is 116 Å². The van der Waals surface area contributed by atoms with Crippen LogP contribution in [0.5, 0.6) is 0 Å². The summed E-state index contributed by atoms with van der Waals surface area (Å²) in [6.45, 7) is 2.23. The monoisotopic (exact) mass is 312 g/mol. The Kier molecular flexibility index (Phi) is 4.05. The zero-order valence-corrected chi connectivity index (χ0v) is 12.3. The predicted molar refractivity (Wildman–Crippen MR) is 80.5 cm³/mol. The number of nitrogens with two attached hydrogens (primary N) is 1. The molecule has 0 aliphatic heterocycles. The average Bonchev–Trinajstić information content (AvgIpc) is 2.96. The molecule has 0 saturated heterocycles. The van der Waals surface area contributed by atoms with Gasteiger partial charge in [-0.05, 0) is 46.8 Å². The fourth-order valence-electron chi connectivity index (χ4n) is 2.21. The third-order valence-corrected chi connectivity index (χ3v) is 4.05. The Hall–Kier alpha value is -0.610. The molecule has 0 bridgehead atoms. The number of hydrogen-bond acceptors (Lipinski definition) is 2. The Morgan fingerprint density at radius 2 is 2.35 bits per heavy atom. The van der Waals surface area contributed by atoms with Gasteiger partial charge >= 0.3 is 0 Å². The highest BCUT2D eigenvalue weighted by Gasteiger charge is 2.36. The van der Waals surface area contributed by atoms with Gasteiger partial charge in [-0.15, -0.1) is 0 Å². The lowest BCUT2D eigenvalue weighted by Crippen LogP contribution is -2.15. The summed E-state index contributed by atoms with van der Waals surface area (Å²) < 4.78 is 0.961. The van der Waals surface area contributed by atoms with Gasteiger partial charge in [0.15, 0.2) is 0 Å².